The molecule has 2 heterocycles. The first-order valence-corrected chi connectivity index (χ1v) is 9.75. The van der Waals surface area contributed by atoms with Crippen molar-refractivity contribution in [3.8, 4) is 11.5 Å². The highest BCUT2D eigenvalue weighted by molar-refractivity contribution is 5.46. The predicted octanol–water partition coefficient (Wildman–Crippen LogP) is 1.67. The van der Waals surface area contributed by atoms with Gasteiger partial charge in [0.25, 0.3) is 0 Å². The molecule has 0 aromatic heterocycles. The van der Waals surface area contributed by atoms with E-state index < -0.39 is 0 Å². The van der Waals surface area contributed by atoms with Gasteiger partial charge in [-0.2, -0.15) is 0 Å². The summed E-state index contributed by atoms with van der Waals surface area (Å²) in [6.07, 6.45) is 2.12. The lowest BCUT2D eigenvalue weighted by atomic mass is 10.1. The van der Waals surface area contributed by atoms with Crippen molar-refractivity contribution in [1.29, 1.82) is 0 Å². The number of aryl methyl sites for hydroxylation is 1. The Kier molecular flexibility index (Phi) is 8.01. The number of methoxy groups -OCH3 is 1. The third-order valence-electron chi connectivity index (χ3n) is 5.06. The van der Waals surface area contributed by atoms with Crippen LogP contribution in [0.3, 0.4) is 0 Å². The SMILES string of the molecule is COc1cccc(CCCN2CCOCC2)c1OCCN1CCOCC1. The molecule has 1 aromatic carbocycles. The lowest BCUT2D eigenvalue weighted by molar-refractivity contribution is 0.0320. The molecule has 2 saturated heterocycles. The van der Waals surface area contributed by atoms with E-state index in [-0.39, 0.29) is 0 Å². The first kappa shape index (κ1) is 19.4. The summed E-state index contributed by atoms with van der Waals surface area (Å²) >= 11 is 0. The molecule has 0 spiro atoms. The van der Waals surface area contributed by atoms with Crippen molar-refractivity contribution in [3.05, 3.63) is 23.8 Å². The van der Waals surface area contributed by atoms with Crippen LogP contribution in [-0.2, 0) is 15.9 Å². The van der Waals surface area contributed by atoms with Crippen LogP contribution in [0.1, 0.15) is 12.0 Å². The van der Waals surface area contributed by atoms with Crippen molar-refractivity contribution in [2.24, 2.45) is 0 Å². The Bertz CT molecular complexity index is 529. The average Bonchev–Trinajstić information content (AvgIpc) is 2.70. The quantitative estimate of drug-likeness (QED) is 0.664. The Labute approximate surface area is 157 Å². The normalized spacial score (nSPS) is 19.4. The lowest BCUT2D eigenvalue weighted by Gasteiger charge is -2.27. The van der Waals surface area contributed by atoms with Crippen molar-refractivity contribution < 1.29 is 18.9 Å². The predicted molar refractivity (Wildman–Crippen MR) is 101 cm³/mol. The zero-order valence-corrected chi connectivity index (χ0v) is 16.0. The van der Waals surface area contributed by atoms with Crippen molar-refractivity contribution in [2.45, 2.75) is 12.8 Å². The topological polar surface area (TPSA) is 43.4 Å². The summed E-state index contributed by atoms with van der Waals surface area (Å²) in [6.45, 7) is 10.1. The minimum Gasteiger partial charge on any atom is -0.493 e. The summed E-state index contributed by atoms with van der Waals surface area (Å²) < 4.78 is 22.5. The second-order valence-corrected chi connectivity index (χ2v) is 6.81. The van der Waals surface area contributed by atoms with E-state index in [0.717, 1.165) is 90.0 Å². The molecule has 0 bridgehead atoms. The Morgan fingerprint density at radius 2 is 1.58 bits per heavy atom. The fourth-order valence-corrected chi connectivity index (χ4v) is 3.50. The summed E-state index contributed by atoms with van der Waals surface area (Å²) in [5.41, 5.74) is 1.24. The van der Waals surface area contributed by atoms with Crippen LogP contribution in [-0.4, -0.2) is 89.2 Å². The van der Waals surface area contributed by atoms with Crippen LogP contribution < -0.4 is 9.47 Å². The van der Waals surface area contributed by atoms with Crippen LogP contribution in [0.25, 0.3) is 0 Å². The number of benzene rings is 1. The van der Waals surface area contributed by atoms with Crippen LogP contribution in [0.15, 0.2) is 18.2 Å². The van der Waals surface area contributed by atoms with Gasteiger partial charge < -0.3 is 18.9 Å². The van der Waals surface area contributed by atoms with Crippen LogP contribution in [0.4, 0.5) is 0 Å². The van der Waals surface area contributed by atoms with Gasteiger partial charge in [0, 0.05) is 32.7 Å². The Morgan fingerprint density at radius 1 is 0.923 bits per heavy atom. The summed E-state index contributed by atoms with van der Waals surface area (Å²) in [7, 11) is 1.71. The maximum atomic E-state index is 6.16. The van der Waals surface area contributed by atoms with Crippen molar-refractivity contribution >= 4 is 0 Å². The molecule has 0 N–H and O–H groups in total. The second-order valence-electron chi connectivity index (χ2n) is 6.81. The molecule has 0 radical (unpaired) electrons. The van der Waals surface area contributed by atoms with Gasteiger partial charge in [0.1, 0.15) is 6.61 Å². The van der Waals surface area contributed by atoms with Crippen LogP contribution >= 0.6 is 0 Å². The summed E-state index contributed by atoms with van der Waals surface area (Å²) in [4.78, 5) is 4.86. The van der Waals surface area contributed by atoms with Crippen molar-refractivity contribution in [3.63, 3.8) is 0 Å². The monoisotopic (exact) mass is 364 g/mol. The molecule has 0 unspecified atom stereocenters. The molecular formula is C20H32N2O4. The maximum absolute atomic E-state index is 6.16. The van der Waals surface area contributed by atoms with Crippen molar-refractivity contribution in [2.75, 3.05) is 79.4 Å². The molecule has 0 atom stereocenters. The third-order valence-corrected chi connectivity index (χ3v) is 5.06. The molecule has 26 heavy (non-hydrogen) atoms. The average molecular weight is 364 g/mol. The maximum Gasteiger partial charge on any atom is 0.164 e. The standard InChI is InChI=1S/C20H32N2O4/c1-23-19-6-2-4-18(5-3-7-21-8-13-24-14-9-21)20(19)26-17-12-22-10-15-25-16-11-22/h2,4,6H,3,5,7-17H2,1H3. The fraction of sp³-hybridized carbons (Fsp3) is 0.700. The van der Waals surface area contributed by atoms with Gasteiger partial charge in [0.15, 0.2) is 11.5 Å². The highest BCUT2D eigenvalue weighted by Gasteiger charge is 2.15. The van der Waals surface area contributed by atoms with E-state index in [9.17, 15) is 0 Å². The fourth-order valence-electron chi connectivity index (χ4n) is 3.50. The van der Waals surface area contributed by atoms with E-state index in [1.165, 1.54) is 5.56 Å². The number of morpholine rings is 2. The summed E-state index contributed by atoms with van der Waals surface area (Å²) in [6, 6.07) is 6.19. The van der Waals surface area contributed by atoms with Crippen molar-refractivity contribution in [1.82, 2.24) is 9.80 Å². The molecule has 1 aromatic rings. The molecular weight excluding hydrogens is 332 g/mol. The molecule has 0 saturated carbocycles. The summed E-state index contributed by atoms with van der Waals surface area (Å²) in [5.74, 6) is 1.74. The van der Waals surface area contributed by atoms with Gasteiger partial charge in [0.05, 0.1) is 33.5 Å². The smallest absolute Gasteiger partial charge is 0.164 e. The van der Waals surface area contributed by atoms with Gasteiger partial charge in [-0.3, -0.25) is 9.80 Å². The highest BCUT2D eigenvalue weighted by atomic mass is 16.5. The molecule has 3 rings (SSSR count). The molecule has 6 heteroatoms. The van der Waals surface area contributed by atoms with Gasteiger partial charge in [-0.15, -0.1) is 0 Å². The zero-order chi connectivity index (χ0) is 18.0. The van der Waals surface area contributed by atoms with Gasteiger partial charge in [-0.05, 0) is 31.0 Å². The molecule has 2 aliphatic heterocycles. The molecule has 6 nitrogen and oxygen atoms in total. The molecule has 2 fully saturated rings. The Hall–Kier alpha value is -1.34. The number of hydrogen-bond acceptors (Lipinski definition) is 6. The van der Waals surface area contributed by atoms with E-state index in [0.29, 0.717) is 6.61 Å². The van der Waals surface area contributed by atoms with Crippen LogP contribution in [0.5, 0.6) is 11.5 Å². The number of para-hydroxylation sites is 1. The number of nitrogens with zero attached hydrogens (tertiary/aromatic N) is 2. The highest BCUT2D eigenvalue weighted by Crippen LogP contribution is 2.32. The summed E-state index contributed by atoms with van der Waals surface area (Å²) in [5, 5.41) is 0. The largest absolute Gasteiger partial charge is 0.493 e. The number of hydrogen-bond donors (Lipinski definition) is 0. The van der Waals surface area contributed by atoms with Gasteiger partial charge in [-0.1, -0.05) is 12.1 Å². The lowest BCUT2D eigenvalue weighted by Crippen LogP contribution is -2.38. The minimum absolute atomic E-state index is 0.677. The first-order valence-electron chi connectivity index (χ1n) is 9.75. The van der Waals surface area contributed by atoms with Gasteiger partial charge >= 0.3 is 0 Å². The van der Waals surface area contributed by atoms with Gasteiger partial charge in [-0.25, -0.2) is 0 Å². The van der Waals surface area contributed by atoms with Gasteiger partial charge in [0.2, 0.25) is 0 Å². The molecule has 2 aliphatic rings. The van der Waals surface area contributed by atoms with Crippen LogP contribution in [0.2, 0.25) is 0 Å². The molecule has 0 aliphatic carbocycles. The molecule has 0 amide bonds. The van der Waals surface area contributed by atoms with Crippen LogP contribution in [0, 0.1) is 0 Å². The number of ether oxygens (including phenoxy) is 4. The first-order chi connectivity index (χ1) is 12.9. The Balaban J connectivity index is 1.50. The Morgan fingerprint density at radius 3 is 2.23 bits per heavy atom. The van der Waals surface area contributed by atoms with E-state index in [1.807, 2.05) is 6.07 Å². The third kappa shape index (κ3) is 5.84. The molecule has 146 valence electrons. The van der Waals surface area contributed by atoms with E-state index in [1.54, 1.807) is 7.11 Å². The van der Waals surface area contributed by atoms with E-state index in [2.05, 4.69) is 21.9 Å². The van der Waals surface area contributed by atoms with E-state index >= 15 is 0 Å². The minimum atomic E-state index is 0.677. The van der Waals surface area contributed by atoms with E-state index in [4.69, 9.17) is 18.9 Å². The number of rotatable bonds is 9. The second kappa shape index (κ2) is 10.7. The zero-order valence-electron chi connectivity index (χ0n) is 16.0.